The maximum atomic E-state index is 10.2. The Morgan fingerprint density at radius 3 is 2.85 bits per heavy atom. The Kier molecular flexibility index (Phi) is 4.10. The number of thioether (sulfide) groups is 1. The molecule has 20 heavy (non-hydrogen) atoms. The number of ether oxygens (including phenoxy) is 2. The molecule has 1 heterocycles. The highest BCUT2D eigenvalue weighted by Gasteiger charge is 2.35. The van der Waals surface area contributed by atoms with Crippen molar-refractivity contribution in [3.05, 3.63) is 23.8 Å². The minimum atomic E-state index is -0.511. The van der Waals surface area contributed by atoms with Crippen molar-refractivity contribution in [3.63, 3.8) is 0 Å². The molecule has 1 atom stereocenters. The van der Waals surface area contributed by atoms with Gasteiger partial charge in [0.2, 0.25) is 6.79 Å². The number of fused-ring (bicyclic) bond motifs is 1. The molecule has 0 amide bonds. The predicted octanol–water partition coefficient (Wildman–Crippen LogP) is 2.32. The van der Waals surface area contributed by atoms with Gasteiger partial charge in [-0.05, 0) is 36.8 Å². The van der Waals surface area contributed by atoms with E-state index in [0.717, 1.165) is 23.6 Å². The molecule has 1 aromatic carbocycles. The van der Waals surface area contributed by atoms with Gasteiger partial charge < -0.3 is 19.9 Å². The minimum absolute atomic E-state index is 0.267. The van der Waals surface area contributed by atoms with E-state index in [9.17, 15) is 5.11 Å². The van der Waals surface area contributed by atoms with Crippen molar-refractivity contribution in [1.29, 1.82) is 0 Å². The number of rotatable bonds is 6. The Labute approximate surface area is 123 Å². The first-order valence-corrected chi connectivity index (χ1v) is 8.28. The van der Waals surface area contributed by atoms with E-state index in [1.807, 2.05) is 30.0 Å². The lowest BCUT2D eigenvalue weighted by molar-refractivity contribution is 0.168. The van der Waals surface area contributed by atoms with Gasteiger partial charge in [0.15, 0.2) is 11.5 Å². The molecule has 1 aromatic rings. The first-order valence-electron chi connectivity index (χ1n) is 7.06. The van der Waals surface area contributed by atoms with Crippen molar-refractivity contribution in [3.8, 4) is 11.5 Å². The average Bonchev–Trinajstić information content (AvgIpc) is 2.88. The molecule has 3 rings (SSSR count). The third-order valence-corrected chi connectivity index (χ3v) is 5.68. The second kappa shape index (κ2) is 5.84. The molecule has 1 fully saturated rings. The van der Waals surface area contributed by atoms with Crippen LogP contribution >= 0.6 is 11.8 Å². The van der Waals surface area contributed by atoms with Crippen LogP contribution in [0.15, 0.2) is 18.2 Å². The first-order chi connectivity index (χ1) is 9.72. The van der Waals surface area contributed by atoms with Crippen LogP contribution in [0.5, 0.6) is 11.5 Å². The topological polar surface area (TPSA) is 50.7 Å². The summed E-state index contributed by atoms with van der Waals surface area (Å²) in [6, 6.07) is 5.62. The smallest absolute Gasteiger partial charge is 0.231 e. The van der Waals surface area contributed by atoms with Gasteiger partial charge in [0.1, 0.15) is 0 Å². The third kappa shape index (κ3) is 2.75. The normalized spacial score (nSPS) is 20.5. The molecule has 5 heteroatoms. The highest BCUT2D eigenvalue weighted by molar-refractivity contribution is 8.00. The molecule has 1 aliphatic heterocycles. The van der Waals surface area contributed by atoms with Crippen molar-refractivity contribution in [2.45, 2.75) is 30.1 Å². The zero-order valence-corrected chi connectivity index (χ0v) is 12.5. The maximum absolute atomic E-state index is 10.2. The molecule has 0 aromatic heterocycles. The van der Waals surface area contributed by atoms with Gasteiger partial charge in [-0.15, -0.1) is 0 Å². The molecule has 0 bridgehead atoms. The van der Waals surface area contributed by atoms with Crippen LogP contribution in [0, 0.1) is 0 Å². The molecule has 0 spiro atoms. The van der Waals surface area contributed by atoms with E-state index in [1.165, 1.54) is 19.3 Å². The molecule has 1 saturated carbocycles. The van der Waals surface area contributed by atoms with E-state index >= 15 is 0 Å². The van der Waals surface area contributed by atoms with Crippen LogP contribution in [-0.2, 0) is 0 Å². The quantitative estimate of drug-likeness (QED) is 0.843. The van der Waals surface area contributed by atoms with Crippen molar-refractivity contribution < 1.29 is 14.6 Å². The summed E-state index contributed by atoms with van der Waals surface area (Å²) < 4.78 is 11.0. The second-order valence-electron chi connectivity index (χ2n) is 5.50. The highest BCUT2D eigenvalue weighted by Crippen LogP contribution is 2.42. The lowest BCUT2D eigenvalue weighted by atomic mass is 9.84. The Morgan fingerprint density at radius 1 is 1.35 bits per heavy atom. The minimum Gasteiger partial charge on any atom is -0.454 e. The summed E-state index contributed by atoms with van der Waals surface area (Å²) in [5.74, 6) is 1.48. The van der Waals surface area contributed by atoms with E-state index in [-0.39, 0.29) is 6.79 Å². The number of nitrogens with one attached hydrogen (secondary N) is 1. The predicted molar refractivity (Wildman–Crippen MR) is 80.5 cm³/mol. The Hall–Kier alpha value is -0.910. The lowest BCUT2D eigenvalue weighted by Crippen LogP contribution is -2.44. The van der Waals surface area contributed by atoms with Crippen molar-refractivity contribution in [2.75, 3.05) is 26.1 Å². The fraction of sp³-hybridized carbons (Fsp3) is 0.600. The highest BCUT2D eigenvalue weighted by atomic mass is 32.2. The number of hydrogen-bond donors (Lipinski definition) is 2. The van der Waals surface area contributed by atoms with Gasteiger partial charge in [-0.25, -0.2) is 0 Å². The Bertz CT molecular complexity index is 471. The molecule has 110 valence electrons. The molecule has 1 unspecified atom stereocenters. The van der Waals surface area contributed by atoms with Crippen LogP contribution in [0.4, 0.5) is 0 Å². The number of hydrogen-bond acceptors (Lipinski definition) is 5. The summed E-state index contributed by atoms with van der Waals surface area (Å²) in [6.45, 7) is 1.81. The van der Waals surface area contributed by atoms with Crippen molar-refractivity contribution >= 4 is 11.8 Å². The Morgan fingerprint density at radius 2 is 2.15 bits per heavy atom. The summed E-state index contributed by atoms with van der Waals surface area (Å²) >= 11 is 1.94. The van der Waals surface area contributed by atoms with Gasteiger partial charge >= 0.3 is 0 Å². The van der Waals surface area contributed by atoms with Gasteiger partial charge in [0, 0.05) is 17.8 Å². The fourth-order valence-electron chi connectivity index (χ4n) is 2.70. The average molecular weight is 295 g/mol. The molecule has 4 nitrogen and oxygen atoms in total. The van der Waals surface area contributed by atoms with Crippen LogP contribution in [0.1, 0.15) is 30.9 Å². The summed E-state index contributed by atoms with van der Waals surface area (Å²) in [5, 5.41) is 13.6. The van der Waals surface area contributed by atoms with Gasteiger partial charge in [0.25, 0.3) is 0 Å². The number of benzene rings is 1. The molecule has 2 aliphatic rings. The van der Waals surface area contributed by atoms with Crippen LogP contribution < -0.4 is 14.8 Å². The summed E-state index contributed by atoms with van der Waals surface area (Å²) in [7, 11) is 0. The van der Waals surface area contributed by atoms with Gasteiger partial charge in [-0.2, -0.15) is 11.8 Å². The fourth-order valence-corrected chi connectivity index (χ4v) is 3.64. The van der Waals surface area contributed by atoms with E-state index in [2.05, 4.69) is 11.6 Å². The summed E-state index contributed by atoms with van der Waals surface area (Å²) in [6.07, 6.45) is 5.55. The van der Waals surface area contributed by atoms with Crippen molar-refractivity contribution in [2.24, 2.45) is 0 Å². The van der Waals surface area contributed by atoms with Gasteiger partial charge in [0.05, 0.1) is 6.10 Å². The van der Waals surface area contributed by atoms with Crippen LogP contribution in [0.3, 0.4) is 0 Å². The third-order valence-electron chi connectivity index (χ3n) is 4.26. The van der Waals surface area contributed by atoms with Gasteiger partial charge in [-0.3, -0.25) is 0 Å². The van der Waals surface area contributed by atoms with E-state index in [4.69, 9.17) is 9.47 Å². The Balaban J connectivity index is 1.53. The molecular formula is C15H21NO3S. The molecular weight excluding hydrogens is 274 g/mol. The molecule has 0 saturated heterocycles. The second-order valence-corrected chi connectivity index (χ2v) is 6.77. The van der Waals surface area contributed by atoms with E-state index in [1.54, 1.807) is 0 Å². The number of aliphatic hydroxyl groups excluding tert-OH is 1. The standard InChI is InChI=1S/C15H21NO3S/c1-20-15(5-2-6-15)9-16-8-12(17)11-3-4-13-14(7-11)19-10-18-13/h3-4,7,12,16-17H,2,5-6,8-10H2,1H3. The van der Waals surface area contributed by atoms with Crippen LogP contribution in [-0.4, -0.2) is 36.0 Å². The van der Waals surface area contributed by atoms with E-state index < -0.39 is 6.10 Å². The van der Waals surface area contributed by atoms with Crippen LogP contribution in [0.2, 0.25) is 0 Å². The lowest BCUT2D eigenvalue weighted by Gasteiger charge is -2.40. The van der Waals surface area contributed by atoms with E-state index in [0.29, 0.717) is 11.3 Å². The summed E-state index contributed by atoms with van der Waals surface area (Å²) in [4.78, 5) is 0. The zero-order valence-electron chi connectivity index (χ0n) is 11.7. The maximum Gasteiger partial charge on any atom is 0.231 e. The zero-order chi connectivity index (χ0) is 14.0. The van der Waals surface area contributed by atoms with Crippen LogP contribution in [0.25, 0.3) is 0 Å². The SMILES string of the molecule is CSC1(CNCC(O)c2ccc3c(c2)OCO3)CCC1. The monoisotopic (exact) mass is 295 g/mol. The molecule has 0 radical (unpaired) electrons. The largest absolute Gasteiger partial charge is 0.454 e. The summed E-state index contributed by atoms with van der Waals surface area (Å²) in [5.41, 5.74) is 0.869. The first kappa shape index (κ1) is 14.0. The number of aliphatic hydroxyl groups is 1. The molecule has 2 N–H and O–H groups in total. The van der Waals surface area contributed by atoms with Crippen molar-refractivity contribution in [1.82, 2.24) is 5.32 Å². The van der Waals surface area contributed by atoms with Gasteiger partial charge in [-0.1, -0.05) is 12.5 Å². The molecule has 1 aliphatic carbocycles.